The molecule has 0 bridgehead atoms. The van der Waals surface area contributed by atoms with Gasteiger partial charge in [0.1, 0.15) is 0 Å². The Labute approximate surface area is 174 Å². The molecular weight excluding hydrogens is 366 g/mol. The molecule has 1 aromatic rings. The maximum Gasteiger partial charge on any atom is 0.172 e. The van der Waals surface area contributed by atoms with E-state index in [2.05, 4.69) is 18.7 Å². The van der Waals surface area contributed by atoms with Crippen molar-refractivity contribution in [3.63, 3.8) is 0 Å². The fourth-order valence-electron chi connectivity index (χ4n) is 4.34. The molecule has 0 atom stereocenters. The third-order valence-electron chi connectivity index (χ3n) is 5.59. The molecule has 0 spiro atoms. The SMILES string of the molecule is CCOc1ccc(CC(=O)C2=C(N3CCCC3)CC(C)(C)CC2=O)cc1OCC. The first-order chi connectivity index (χ1) is 13.8. The number of benzene rings is 1. The molecule has 29 heavy (non-hydrogen) atoms. The van der Waals surface area contributed by atoms with E-state index in [9.17, 15) is 9.59 Å². The maximum absolute atomic E-state index is 13.3. The zero-order valence-electron chi connectivity index (χ0n) is 18.2. The molecule has 1 aliphatic carbocycles. The van der Waals surface area contributed by atoms with Gasteiger partial charge in [-0.25, -0.2) is 0 Å². The van der Waals surface area contributed by atoms with E-state index in [1.165, 1.54) is 0 Å². The molecule has 5 nitrogen and oxygen atoms in total. The minimum atomic E-state index is -0.0972. The lowest BCUT2D eigenvalue weighted by atomic mass is 9.74. The molecule has 158 valence electrons. The molecular formula is C24H33NO4. The van der Waals surface area contributed by atoms with Gasteiger partial charge in [-0.15, -0.1) is 0 Å². The van der Waals surface area contributed by atoms with Crippen molar-refractivity contribution in [1.82, 2.24) is 4.90 Å². The van der Waals surface area contributed by atoms with Gasteiger partial charge in [-0.1, -0.05) is 19.9 Å². The third-order valence-corrected chi connectivity index (χ3v) is 5.59. The Morgan fingerprint density at radius 1 is 1.03 bits per heavy atom. The van der Waals surface area contributed by atoms with Gasteiger partial charge in [0.15, 0.2) is 23.1 Å². The van der Waals surface area contributed by atoms with Gasteiger partial charge < -0.3 is 14.4 Å². The van der Waals surface area contributed by atoms with Crippen LogP contribution in [0.2, 0.25) is 0 Å². The Morgan fingerprint density at radius 3 is 2.34 bits per heavy atom. The van der Waals surface area contributed by atoms with Gasteiger partial charge in [0.25, 0.3) is 0 Å². The first-order valence-corrected chi connectivity index (χ1v) is 10.8. The summed E-state index contributed by atoms with van der Waals surface area (Å²) in [6, 6.07) is 5.59. The smallest absolute Gasteiger partial charge is 0.172 e. The maximum atomic E-state index is 13.3. The third kappa shape index (κ3) is 5.01. The van der Waals surface area contributed by atoms with Gasteiger partial charge in [0.05, 0.1) is 18.8 Å². The summed E-state index contributed by atoms with van der Waals surface area (Å²) in [6.07, 6.45) is 3.66. The molecule has 1 aliphatic heterocycles. The highest BCUT2D eigenvalue weighted by molar-refractivity contribution is 6.21. The number of carbonyl (C=O) groups excluding carboxylic acids is 2. The summed E-state index contributed by atoms with van der Waals surface area (Å²) < 4.78 is 11.3. The predicted molar refractivity (Wildman–Crippen MR) is 113 cm³/mol. The molecule has 2 aliphatic rings. The van der Waals surface area contributed by atoms with Crippen LogP contribution in [-0.2, 0) is 16.0 Å². The van der Waals surface area contributed by atoms with Crippen molar-refractivity contribution in [2.75, 3.05) is 26.3 Å². The van der Waals surface area contributed by atoms with Crippen molar-refractivity contribution in [2.24, 2.45) is 5.41 Å². The zero-order chi connectivity index (χ0) is 21.0. The quantitative estimate of drug-likeness (QED) is 0.609. The molecule has 0 saturated carbocycles. The number of carbonyl (C=O) groups is 2. The molecule has 0 N–H and O–H groups in total. The van der Waals surface area contributed by atoms with Crippen LogP contribution in [0.5, 0.6) is 11.5 Å². The number of hydrogen-bond donors (Lipinski definition) is 0. The lowest BCUT2D eigenvalue weighted by molar-refractivity contribution is -0.123. The van der Waals surface area contributed by atoms with E-state index < -0.39 is 0 Å². The van der Waals surface area contributed by atoms with Gasteiger partial charge in [-0.2, -0.15) is 0 Å². The highest BCUT2D eigenvalue weighted by Crippen LogP contribution is 2.40. The minimum Gasteiger partial charge on any atom is -0.490 e. The molecule has 0 unspecified atom stereocenters. The first kappa shape index (κ1) is 21.4. The summed E-state index contributed by atoms with van der Waals surface area (Å²) in [7, 11) is 0. The summed E-state index contributed by atoms with van der Waals surface area (Å²) in [5, 5.41) is 0. The lowest BCUT2D eigenvalue weighted by Gasteiger charge is -2.36. The van der Waals surface area contributed by atoms with E-state index in [0.717, 1.165) is 43.6 Å². The van der Waals surface area contributed by atoms with Crippen molar-refractivity contribution in [3.05, 3.63) is 35.0 Å². The van der Waals surface area contributed by atoms with Crippen molar-refractivity contribution < 1.29 is 19.1 Å². The fourth-order valence-corrected chi connectivity index (χ4v) is 4.34. The summed E-state index contributed by atoms with van der Waals surface area (Å²) in [5.41, 5.74) is 2.13. The molecule has 1 heterocycles. The minimum absolute atomic E-state index is 0.0101. The van der Waals surface area contributed by atoms with Crippen LogP contribution >= 0.6 is 0 Å². The standard InChI is InChI=1S/C24H33NO4/c1-5-28-21-10-9-17(14-22(21)29-6-2)13-19(26)23-18(25-11-7-8-12-25)15-24(3,4)16-20(23)27/h9-10,14H,5-8,11-13,15-16H2,1-4H3. The Bertz CT molecular complexity index is 803. The van der Waals surface area contributed by atoms with Gasteiger partial charge in [-0.3, -0.25) is 9.59 Å². The van der Waals surface area contributed by atoms with E-state index in [1.54, 1.807) is 0 Å². The molecule has 1 aromatic carbocycles. The van der Waals surface area contributed by atoms with Crippen LogP contribution in [0.4, 0.5) is 0 Å². The van der Waals surface area contributed by atoms with Crippen molar-refractivity contribution in [1.29, 1.82) is 0 Å². The Balaban J connectivity index is 1.89. The van der Waals surface area contributed by atoms with Crippen molar-refractivity contribution in [2.45, 2.75) is 59.8 Å². The number of likely N-dealkylation sites (tertiary alicyclic amines) is 1. The average Bonchev–Trinajstić information content (AvgIpc) is 3.17. The molecule has 1 saturated heterocycles. The van der Waals surface area contributed by atoms with Gasteiger partial charge in [-0.05, 0) is 56.2 Å². The highest BCUT2D eigenvalue weighted by Gasteiger charge is 2.38. The predicted octanol–water partition coefficient (Wildman–Crippen LogP) is 4.33. The highest BCUT2D eigenvalue weighted by atomic mass is 16.5. The number of nitrogens with zero attached hydrogens (tertiary/aromatic N) is 1. The van der Waals surface area contributed by atoms with Crippen molar-refractivity contribution in [3.8, 4) is 11.5 Å². The number of hydrogen-bond acceptors (Lipinski definition) is 5. The summed E-state index contributed by atoms with van der Waals surface area (Å²) in [4.78, 5) is 28.5. The molecule has 0 amide bonds. The molecule has 0 radical (unpaired) electrons. The van der Waals surface area contributed by atoms with Crippen LogP contribution in [0.15, 0.2) is 29.5 Å². The summed E-state index contributed by atoms with van der Waals surface area (Å²) >= 11 is 0. The van der Waals surface area contributed by atoms with Crippen LogP contribution in [0, 0.1) is 5.41 Å². The number of rotatable bonds is 8. The second-order valence-corrected chi connectivity index (χ2v) is 8.70. The first-order valence-electron chi connectivity index (χ1n) is 10.8. The second-order valence-electron chi connectivity index (χ2n) is 8.70. The number of ketones is 2. The topological polar surface area (TPSA) is 55.8 Å². The summed E-state index contributed by atoms with van der Waals surface area (Å²) in [5.74, 6) is 1.23. The Kier molecular flexibility index (Phi) is 6.66. The van der Waals surface area contributed by atoms with Gasteiger partial charge in [0.2, 0.25) is 0 Å². The molecule has 0 aromatic heterocycles. The second kappa shape index (κ2) is 9.02. The van der Waals surface area contributed by atoms with Crippen LogP contribution < -0.4 is 9.47 Å². The van der Waals surface area contributed by atoms with E-state index >= 15 is 0 Å². The van der Waals surface area contributed by atoms with E-state index in [4.69, 9.17) is 9.47 Å². The number of ether oxygens (including phenoxy) is 2. The van der Waals surface area contributed by atoms with E-state index in [1.807, 2.05) is 32.0 Å². The average molecular weight is 400 g/mol. The van der Waals surface area contributed by atoms with Gasteiger partial charge in [0, 0.05) is 31.6 Å². The van der Waals surface area contributed by atoms with Crippen LogP contribution in [0.25, 0.3) is 0 Å². The van der Waals surface area contributed by atoms with Crippen molar-refractivity contribution >= 4 is 11.6 Å². The Morgan fingerprint density at radius 2 is 1.69 bits per heavy atom. The van der Waals surface area contributed by atoms with E-state index in [0.29, 0.717) is 36.7 Å². The van der Waals surface area contributed by atoms with E-state index in [-0.39, 0.29) is 23.4 Å². The molecule has 5 heteroatoms. The Hall–Kier alpha value is -2.30. The van der Waals surface area contributed by atoms with Crippen LogP contribution in [-0.4, -0.2) is 42.8 Å². The monoisotopic (exact) mass is 399 g/mol. The number of allylic oxidation sites excluding steroid dienone is 2. The largest absolute Gasteiger partial charge is 0.490 e. The summed E-state index contributed by atoms with van der Waals surface area (Å²) in [6.45, 7) is 11.0. The molecule has 1 fully saturated rings. The zero-order valence-corrected chi connectivity index (χ0v) is 18.2. The lowest BCUT2D eigenvalue weighted by Crippen LogP contribution is -2.36. The van der Waals surface area contributed by atoms with Gasteiger partial charge >= 0.3 is 0 Å². The van der Waals surface area contributed by atoms with Crippen LogP contribution in [0.3, 0.4) is 0 Å². The number of Topliss-reactive ketones (excluding diaryl/α,β-unsaturated/α-hetero) is 2. The molecule has 3 rings (SSSR count). The fraction of sp³-hybridized carbons (Fsp3) is 0.583. The van der Waals surface area contributed by atoms with Crippen LogP contribution in [0.1, 0.15) is 58.9 Å². The normalized spacial score (nSPS) is 18.9.